The number of nitrogens with one attached hydrogen (secondary N) is 1. The van der Waals surface area contributed by atoms with E-state index in [0.717, 1.165) is 25.2 Å². The molecule has 0 saturated heterocycles. The van der Waals surface area contributed by atoms with E-state index >= 15 is 0 Å². The standard InChI is InChI=1S/C14H21N3S/c1-4-13(15-5-2)12-6-7-17(8-12)9-14-16-11(3)10-18-14/h6-8,10,13,15H,4-5,9H2,1-3H3. The topological polar surface area (TPSA) is 29.9 Å². The van der Waals surface area contributed by atoms with Gasteiger partial charge in [-0.05, 0) is 31.5 Å². The molecule has 98 valence electrons. The zero-order chi connectivity index (χ0) is 13.0. The molecule has 1 N–H and O–H groups in total. The third-order valence-electron chi connectivity index (χ3n) is 3.02. The molecule has 1 atom stereocenters. The molecular weight excluding hydrogens is 242 g/mol. The molecule has 4 heteroatoms. The smallest absolute Gasteiger partial charge is 0.113 e. The molecule has 0 bridgehead atoms. The molecular formula is C14H21N3S. The molecule has 0 spiro atoms. The van der Waals surface area contributed by atoms with Crippen molar-refractivity contribution in [3.63, 3.8) is 0 Å². The van der Waals surface area contributed by atoms with Gasteiger partial charge in [-0.25, -0.2) is 4.98 Å². The summed E-state index contributed by atoms with van der Waals surface area (Å²) < 4.78 is 2.22. The summed E-state index contributed by atoms with van der Waals surface area (Å²) in [5, 5.41) is 6.78. The van der Waals surface area contributed by atoms with Gasteiger partial charge in [0.15, 0.2) is 0 Å². The van der Waals surface area contributed by atoms with Crippen LogP contribution < -0.4 is 5.32 Å². The Morgan fingerprint density at radius 3 is 2.89 bits per heavy atom. The second-order valence-corrected chi connectivity index (χ2v) is 5.46. The third kappa shape index (κ3) is 3.21. The van der Waals surface area contributed by atoms with Crippen LogP contribution in [0.4, 0.5) is 0 Å². The maximum atomic E-state index is 4.50. The predicted octanol–water partition coefficient (Wildman–Crippen LogP) is 3.36. The van der Waals surface area contributed by atoms with Gasteiger partial charge in [-0.1, -0.05) is 13.8 Å². The zero-order valence-corrected chi connectivity index (χ0v) is 12.1. The maximum absolute atomic E-state index is 4.50. The first-order chi connectivity index (χ1) is 8.72. The summed E-state index contributed by atoms with van der Waals surface area (Å²) in [4.78, 5) is 4.50. The van der Waals surface area contributed by atoms with Crippen LogP contribution in [0.25, 0.3) is 0 Å². The van der Waals surface area contributed by atoms with E-state index in [4.69, 9.17) is 0 Å². The molecule has 0 saturated carbocycles. The first kappa shape index (κ1) is 13.3. The van der Waals surface area contributed by atoms with Crippen molar-refractivity contribution in [3.8, 4) is 0 Å². The molecule has 3 nitrogen and oxygen atoms in total. The molecule has 2 rings (SSSR count). The second kappa shape index (κ2) is 6.16. The summed E-state index contributed by atoms with van der Waals surface area (Å²) in [7, 11) is 0. The van der Waals surface area contributed by atoms with Gasteiger partial charge < -0.3 is 9.88 Å². The number of hydrogen-bond acceptors (Lipinski definition) is 3. The van der Waals surface area contributed by atoms with E-state index < -0.39 is 0 Å². The van der Waals surface area contributed by atoms with Crippen LogP contribution in [0.3, 0.4) is 0 Å². The summed E-state index contributed by atoms with van der Waals surface area (Å²) in [5.74, 6) is 0. The summed E-state index contributed by atoms with van der Waals surface area (Å²) in [6, 6.07) is 2.67. The minimum absolute atomic E-state index is 0.467. The Balaban J connectivity index is 2.05. The highest BCUT2D eigenvalue weighted by atomic mass is 32.1. The Kier molecular flexibility index (Phi) is 4.55. The van der Waals surface area contributed by atoms with Crippen LogP contribution in [0.2, 0.25) is 0 Å². The highest BCUT2D eigenvalue weighted by Crippen LogP contribution is 2.18. The molecule has 0 radical (unpaired) electrons. The van der Waals surface area contributed by atoms with Crippen molar-refractivity contribution < 1.29 is 0 Å². The fraction of sp³-hybridized carbons (Fsp3) is 0.500. The second-order valence-electron chi connectivity index (χ2n) is 4.52. The monoisotopic (exact) mass is 263 g/mol. The van der Waals surface area contributed by atoms with Gasteiger partial charge in [0.2, 0.25) is 0 Å². The summed E-state index contributed by atoms with van der Waals surface area (Å²) in [6.45, 7) is 8.29. The van der Waals surface area contributed by atoms with Gasteiger partial charge in [0.05, 0.1) is 6.54 Å². The lowest BCUT2D eigenvalue weighted by Crippen LogP contribution is -2.19. The third-order valence-corrected chi connectivity index (χ3v) is 3.97. The van der Waals surface area contributed by atoms with Gasteiger partial charge in [-0.2, -0.15) is 0 Å². The van der Waals surface area contributed by atoms with Crippen molar-refractivity contribution in [2.75, 3.05) is 6.54 Å². The van der Waals surface area contributed by atoms with Crippen LogP contribution >= 0.6 is 11.3 Å². The lowest BCUT2D eigenvalue weighted by Gasteiger charge is -2.13. The van der Waals surface area contributed by atoms with Gasteiger partial charge >= 0.3 is 0 Å². The first-order valence-corrected chi connectivity index (χ1v) is 7.41. The van der Waals surface area contributed by atoms with Gasteiger partial charge in [0.25, 0.3) is 0 Å². The van der Waals surface area contributed by atoms with E-state index in [1.165, 1.54) is 10.6 Å². The van der Waals surface area contributed by atoms with E-state index in [1.54, 1.807) is 11.3 Å². The van der Waals surface area contributed by atoms with Crippen molar-refractivity contribution in [1.82, 2.24) is 14.9 Å². The number of aryl methyl sites for hydroxylation is 1. The number of thiazole rings is 1. The van der Waals surface area contributed by atoms with Crippen molar-refractivity contribution in [3.05, 3.63) is 40.1 Å². The van der Waals surface area contributed by atoms with Crippen molar-refractivity contribution in [1.29, 1.82) is 0 Å². The van der Waals surface area contributed by atoms with Gasteiger partial charge in [-0.15, -0.1) is 11.3 Å². The largest absolute Gasteiger partial charge is 0.347 e. The van der Waals surface area contributed by atoms with E-state index in [9.17, 15) is 0 Å². The van der Waals surface area contributed by atoms with E-state index in [2.05, 4.69) is 52.6 Å². The van der Waals surface area contributed by atoms with E-state index in [1.807, 2.05) is 6.92 Å². The molecule has 0 fully saturated rings. The van der Waals surface area contributed by atoms with Crippen LogP contribution in [0.15, 0.2) is 23.8 Å². The van der Waals surface area contributed by atoms with Crippen LogP contribution in [-0.2, 0) is 6.54 Å². The lowest BCUT2D eigenvalue weighted by atomic mass is 10.1. The minimum Gasteiger partial charge on any atom is -0.347 e. The molecule has 1 unspecified atom stereocenters. The predicted molar refractivity (Wildman–Crippen MR) is 77.1 cm³/mol. The van der Waals surface area contributed by atoms with Gasteiger partial charge in [-0.3, -0.25) is 0 Å². The van der Waals surface area contributed by atoms with Crippen LogP contribution in [0, 0.1) is 6.92 Å². The van der Waals surface area contributed by atoms with Crippen molar-refractivity contribution in [2.45, 2.75) is 39.8 Å². The van der Waals surface area contributed by atoms with Crippen molar-refractivity contribution in [2.24, 2.45) is 0 Å². The molecule has 0 amide bonds. The molecule has 0 aliphatic rings. The average Bonchev–Trinajstić information content (AvgIpc) is 2.96. The van der Waals surface area contributed by atoms with Crippen LogP contribution in [0.1, 0.15) is 42.6 Å². The zero-order valence-electron chi connectivity index (χ0n) is 11.3. The molecule has 0 aromatic carbocycles. The summed E-state index contributed by atoms with van der Waals surface area (Å²) in [6.07, 6.45) is 5.49. The highest BCUT2D eigenvalue weighted by Gasteiger charge is 2.09. The molecule has 2 aromatic heterocycles. The minimum atomic E-state index is 0.467. The normalized spacial score (nSPS) is 12.8. The van der Waals surface area contributed by atoms with E-state index in [-0.39, 0.29) is 0 Å². The summed E-state index contributed by atoms with van der Waals surface area (Å²) >= 11 is 1.73. The fourth-order valence-corrected chi connectivity index (χ4v) is 2.92. The molecule has 0 aliphatic heterocycles. The van der Waals surface area contributed by atoms with E-state index in [0.29, 0.717) is 6.04 Å². The Hall–Kier alpha value is -1.13. The Morgan fingerprint density at radius 1 is 1.44 bits per heavy atom. The van der Waals surface area contributed by atoms with Crippen LogP contribution in [-0.4, -0.2) is 16.1 Å². The maximum Gasteiger partial charge on any atom is 0.113 e. The van der Waals surface area contributed by atoms with Crippen LogP contribution in [0.5, 0.6) is 0 Å². The quantitative estimate of drug-likeness (QED) is 0.866. The Labute approximate surface area is 113 Å². The number of nitrogens with zero attached hydrogens (tertiary/aromatic N) is 2. The van der Waals surface area contributed by atoms with Gasteiger partial charge in [0, 0.05) is 29.5 Å². The average molecular weight is 263 g/mol. The first-order valence-electron chi connectivity index (χ1n) is 6.53. The van der Waals surface area contributed by atoms with Gasteiger partial charge in [0.1, 0.15) is 5.01 Å². The Morgan fingerprint density at radius 2 is 2.28 bits per heavy atom. The molecule has 2 heterocycles. The number of aromatic nitrogens is 2. The number of rotatable bonds is 6. The summed E-state index contributed by atoms with van der Waals surface area (Å²) in [5.41, 5.74) is 2.48. The molecule has 18 heavy (non-hydrogen) atoms. The highest BCUT2D eigenvalue weighted by molar-refractivity contribution is 7.09. The fourth-order valence-electron chi connectivity index (χ4n) is 2.14. The lowest BCUT2D eigenvalue weighted by molar-refractivity contribution is 0.536. The number of hydrogen-bond donors (Lipinski definition) is 1. The Bertz CT molecular complexity index is 487. The molecule has 0 aliphatic carbocycles. The molecule has 2 aromatic rings. The van der Waals surface area contributed by atoms with Crippen molar-refractivity contribution >= 4 is 11.3 Å². The SMILES string of the molecule is CCNC(CC)c1ccn(Cc2nc(C)cs2)c1.